The molecule has 3 aromatic rings. The minimum Gasteiger partial charge on any atom is -0.476 e. The molecule has 6 nitrogen and oxygen atoms in total. The highest BCUT2D eigenvalue weighted by Crippen LogP contribution is 2.35. The Kier molecular flexibility index (Phi) is 7.47. The van der Waals surface area contributed by atoms with E-state index >= 15 is 0 Å². The molecule has 0 bridgehead atoms. The van der Waals surface area contributed by atoms with Crippen molar-refractivity contribution >= 4 is 45.0 Å². The van der Waals surface area contributed by atoms with Crippen molar-refractivity contribution < 1.29 is 17.9 Å². The molecular weight excluding hydrogens is 480 g/mol. The zero-order valence-corrected chi connectivity index (χ0v) is 20.1. The molecule has 0 aliphatic carbocycles. The standard InChI is InChI=1S/C24H23ClN2O4S2/c25-19-10-12-20(13-11-19)32-15-14-26-24(28)23-16-27(21-8-4-5-9-22(21)31-23)33(29,30)17-18-6-2-1-3-7-18/h1-13,23H,14-17H2,(H,26,28). The summed E-state index contributed by atoms with van der Waals surface area (Å²) in [7, 11) is -3.72. The van der Waals surface area contributed by atoms with Crippen LogP contribution in [0.5, 0.6) is 5.75 Å². The summed E-state index contributed by atoms with van der Waals surface area (Å²) < 4.78 is 33.6. The molecule has 33 heavy (non-hydrogen) atoms. The highest BCUT2D eigenvalue weighted by molar-refractivity contribution is 7.99. The van der Waals surface area contributed by atoms with Gasteiger partial charge in [0, 0.05) is 22.2 Å². The first-order chi connectivity index (χ1) is 15.9. The summed E-state index contributed by atoms with van der Waals surface area (Å²) >= 11 is 7.49. The monoisotopic (exact) mass is 502 g/mol. The van der Waals surface area contributed by atoms with Crippen LogP contribution >= 0.6 is 23.4 Å². The van der Waals surface area contributed by atoms with Gasteiger partial charge in [-0.25, -0.2) is 8.42 Å². The quantitative estimate of drug-likeness (QED) is 0.366. The summed E-state index contributed by atoms with van der Waals surface area (Å²) in [5, 5.41) is 3.53. The molecule has 3 aromatic carbocycles. The highest BCUT2D eigenvalue weighted by Gasteiger charge is 2.36. The molecule has 1 amide bonds. The van der Waals surface area contributed by atoms with E-state index < -0.39 is 16.1 Å². The normalized spacial score (nSPS) is 15.4. The molecule has 1 unspecified atom stereocenters. The molecule has 0 spiro atoms. The number of carbonyl (C=O) groups excluding carboxylic acids is 1. The van der Waals surface area contributed by atoms with Crippen molar-refractivity contribution in [2.24, 2.45) is 0 Å². The summed E-state index contributed by atoms with van der Waals surface area (Å²) in [4.78, 5) is 13.9. The maximum Gasteiger partial charge on any atom is 0.263 e. The minimum absolute atomic E-state index is 0.0810. The Balaban J connectivity index is 1.42. The second-order valence-corrected chi connectivity index (χ2v) is 10.9. The molecule has 0 aromatic heterocycles. The van der Waals surface area contributed by atoms with Crippen LogP contribution in [-0.4, -0.2) is 39.3 Å². The van der Waals surface area contributed by atoms with Crippen molar-refractivity contribution in [3.63, 3.8) is 0 Å². The van der Waals surface area contributed by atoms with Crippen LogP contribution in [0.3, 0.4) is 0 Å². The Bertz CT molecular complexity index is 1200. The molecule has 1 aliphatic heterocycles. The molecule has 1 N–H and O–H groups in total. The molecular formula is C24H23ClN2O4S2. The van der Waals surface area contributed by atoms with Crippen molar-refractivity contribution in [3.05, 3.63) is 89.4 Å². The zero-order valence-electron chi connectivity index (χ0n) is 17.7. The van der Waals surface area contributed by atoms with Crippen molar-refractivity contribution in [1.29, 1.82) is 0 Å². The lowest BCUT2D eigenvalue weighted by Gasteiger charge is -2.34. The molecule has 172 valence electrons. The number of anilines is 1. The van der Waals surface area contributed by atoms with Gasteiger partial charge in [-0.2, -0.15) is 0 Å². The topological polar surface area (TPSA) is 75.7 Å². The number of fused-ring (bicyclic) bond motifs is 1. The molecule has 4 rings (SSSR count). The summed E-state index contributed by atoms with van der Waals surface area (Å²) in [5.74, 6) is 0.526. The number of benzene rings is 3. The number of sulfonamides is 1. The lowest BCUT2D eigenvalue weighted by atomic mass is 10.2. The number of hydrogen-bond acceptors (Lipinski definition) is 5. The number of thioether (sulfide) groups is 1. The largest absolute Gasteiger partial charge is 0.476 e. The third kappa shape index (κ3) is 6.01. The summed E-state index contributed by atoms with van der Waals surface area (Å²) in [5.41, 5.74) is 1.12. The number of halogens is 1. The van der Waals surface area contributed by atoms with Crippen LogP contribution < -0.4 is 14.4 Å². The van der Waals surface area contributed by atoms with E-state index in [9.17, 15) is 13.2 Å². The molecule has 0 saturated carbocycles. The predicted molar refractivity (Wildman–Crippen MR) is 132 cm³/mol. The number of carbonyl (C=O) groups is 1. The van der Waals surface area contributed by atoms with Gasteiger partial charge in [-0.3, -0.25) is 9.10 Å². The van der Waals surface area contributed by atoms with Gasteiger partial charge in [0.1, 0.15) is 5.75 Å². The molecule has 0 fully saturated rings. The van der Waals surface area contributed by atoms with Crippen LogP contribution in [0.4, 0.5) is 5.69 Å². The Hall–Kier alpha value is -2.68. The lowest BCUT2D eigenvalue weighted by Crippen LogP contribution is -2.51. The van der Waals surface area contributed by atoms with E-state index in [1.165, 1.54) is 4.31 Å². The average Bonchev–Trinajstić information content (AvgIpc) is 2.82. The molecule has 9 heteroatoms. The fourth-order valence-corrected chi connectivity index (χ4v) is 5.93. The van der Waals surface area contributed by atoms with Crippen molar-refractivity contribution in [3.8, 4) is 5.75 Å². The summed E-state index contributed by atoms with van der Waals surface area (Å²) in [6.07, 6.45) is -0.939. The van der Waals surface area contributed by atoms with E-state index in [0.29, 0.717) is 34.3 Å². The number of rotatable bonds is 8. The van der Waals surface area contributed by atoms with Crippen molar-refractivity contribution in [2.75, 3.05) is 23.1 Å². The molecule has 1 aliphatic rings. The second-order valence-electron chi connectivity index (χ2n) is 7.44. The zero-order chi connectivity index (χ0) is 23.3. The Morgan fingerprint density at radius 2 is 1.73 bits per heavy atom. The van der Waals surface area contributed by atoms with Crippen LogP contribution in [-0.2, 0) is 20.6 Å². The second kappa shape index (κ2) is 10.5. The predicted octanol–water partition coefficient (Wildman–Crippen LogP) is 4.35. The van der Waals surface area contributed by atoms with Crippen LogP contribution in [0.15, 0.2) is 83.8 Å². The number of nitrogens with one attached hydrogen (secondary N) is 1. The molecule has 1 atom stereocenters. The van der Waals surface area contributed by atoms with Crippen molar-refractivity contribution in [1.82, 2.24) is 5.32 Å². The Labute approximate surface area is 203 Å². The van der Waals surface area contributed by atoms with Gasteiger partial charge in [-0.15, -0.1) is 11.8 Å². The van der Waals surface area contributed by atoms with E-state index in [-0.39, 0.29) is 18.2 Å². The maximum absolute atomic E-state index is 13.3. The number of ether oxygens (including phenoxy) is 1. The number of para-hydroxylation sites is 2. The smallest absolute Gasteiger partial charge is 0.263 e. The van der Waals surface area contributed by atoms with Gasteiger partial charge in [0.05, 0.1) is 18.0 Å². The lowest BCUT2D eigenvalue weighted by molar-refractivity contribution is -0.127. The van der Waals surface area contributed by atoms with Crippen LogP contribution in [0.25, 0.3) is 0 Å². The van der Waals surface area contributed by atoms with Gasteiger partial charge in [0.15, 0.2) is 6.10 Å². The van der Waals surface area contributed by atoms with E-state index in [1.807, 2.05) is 30.3 Å². The fourth-order valence-electron chi connectivity index (χ4n) is 3.45. The van der Waals surface area contributed by atoms with Gasteiger partial charge in [-0.05, 0) is 42.0 Å². The SMILES string of the molecule is O=C(NCCSc1ccc(Cl)cc1)C1CN(S(=O)(=O)Cc2ccccc2)c2ccccc2O1. The number of nitrogens with zero attached hydrogens (tertiary/aromatic N) is 1. The van der Waals surface area contributed by atoms with E-state index in [2.05, 4.69) is 5.32 Å². The summed E-state index contributed by atoms with van der Waals surface area (Å²) in [6.45, 7) is 0.340. The molecule has 0 saturated heterocycles. The first-order valence-electron chi connectivity index (χ1n) is 10.4. The van der Waals surface area contributed by atoms with Gasteiger partial charge < -0.3 is 10.1 Å². The fraction of sp³-hybridized carbons (Fsp3) is 0.208. The van der Waals surface area contributed by atoms with Gasteiger partial charge >= 0.3 is 0 Å². The van der Waals surface area contributed by atoms with Crippen molar-refractivity contribution in [2.45, 2.75) is 16.8 Å². The van der Waals surface area contributed by atoms with Gasteiger partial charge in [0.25, 0.3) is 5.91 Å². The first-order valence-corrected chi connectivity index (χ1v) is 13.4. The van der Waals surface area contributed by atoms with E-state index in [1.54, 1.807) is 60.3 Å². The number of amides is 1. The average molecular weight is 503 g/mol. The van der Waals surface area contributed by atoms with E-state index in [4.69, 9.17) is 16.3 Å². The third-order valence-electron chi connectivity index (χ3n) is 5.04. The third-order valence-corrected chi connectivity index (χ3v) is 8.02. The van der Waals surface area contributed by atoms with Crippen LogP contribution in [0.1, 0.15) is 5.56 Å². The Morgan fingerprint density at radius 1 is 1.03 bits per heavy atom. The van der Waals surface area contributed by atoms with Crippen LogP contribution in [0.2, 0.25) is 5.02 Å². The minimum atomic E-state index is -3.72. The molecule has 0 radical (unpaired) electrons. The number of hydrogen-bond donors (Lipinski definition) is 1. The van der Waals surface area contributed by atoms with Gasteiger partial charge in [0.2, 0.25) is 10.0 Å². The highest BCUT2D eigenvalue weighted by atomic mass is 35.5. The Morgan fingerprint density at radius 3 is 2.48 bits per heavy atom. The van der Waals surface area contributed by atoms with E-state index in [0.717, 1.165) is 4.90 Å². The maximum atomic E-state index is 13.3. The van der Waals surface area contributed by atoms with Gasteiger partial charge in [-0.1, -0.05) is 54.1 Å². The van der Waals surface area contributed by atoms with Crippen LogP contribution in [0, 0.1) is 0 Å². The summed E-state index contributed by atoms with van der Waals surface area (Å²) in [6, 6.07) is 23.3. The first kappa shape index (κ1) is 23.5. The molecule has 1 heterocycles.